The first-order chi connectivity index (χ1) is 14.1. The molecule has 0 radical (unpaired) electrons. The summed E-state index contributed by atoms with van der Waals surface area (Å²) in [5, 5.41) is 6.79. The van der Waals surface area contributed by atoms with E-state index in [1.54, 1.807) is 11.3 Å². The third-order valence-electron chi connectivity index (χ3n) is 4.45. The number of hydrogen-bond acceptors (Lipinski definition) is 6. The molecule has 0 unspecified atom stereocenters. The largest absolute Gasteiger partial charge is 0.482 e. The quantitative estimate of drug-likeness (QED) is 0.641. The lowest BCUT2D eigenvalue weighted by atomic mass is 10.1. The molecule has 0 fully saturated rings. The van der Waals surface area contributed by atoms with Crippen molar-refractivity contribution in [2.75, 3.05) is 18.5 Å². The van der Waals surface area contributed by atoms with E-state index in [-0.39, 0.29) is 31.3 Å². The Morgan fingerprint density at radius 2 is 2.21 bits per heavy atom. The smallest absolute Gasteiger partial charge is 0.346 e. The molecule has 0 atom stereocenters. The number of nitrogens with one attached hydrogen (secondary N) is 1. The standard InChI is InChI=1S/C19H18FN5O3S/c20-6-12(7-21)8-25-19(27)24(11-22-25)9-14-2-4-17(29-14)13-1-3-15-16(5-13)28-10-18(26)23-15/h1-6,11H,7-10,21H2,(H,23,26)/b12-6+. The Morgan fingerprint density at radius 1 is 1.34 bits per heavy atom. The van der Waals surface area contributed by atoms with Crippen LogP contribution < -0.4 is 21.5 Å². The van der Waals surface area contributed by atoms with Crippen molar-refractivity contribution in [1.29, 1.82) is 0 Å². The number of ether oxygens (including phenoxy) is 1. The summed E-state index contributed by atoms with van der Waals surface area (Å²) in [4.78, 5) is 25.8. The average molecular weight is 415 g/mol. The minimum atomic E-state index is -0.328. The second-order valence-corrected chi connectivity index (χ2v) is 7.65. The second-order valence-electron chi connectivity index (χ2n) is 6.48. The summed E-state index contributed by atoms with van der Waals surface area (Å²) in [7, 11) is 0. The van der Waals surface area contributed by atoms with Crippen molar-refractivity contribution in [3.8, 4) is 16.2 Å². The van der Waals surface area contributed by atoms with Gasteiger partial charge in [-0.15, -0.1) is 11.3 Å². The Hall–Kier alpha value is -3.24. The topological polar surface area (TPSA) is 104 Å². The zero-order valence-corrected chi connectivity index (χ0v) is 16.1. The highest BCUT2D eigenvalue weighted by Gasteiger charge is 2.17. The summed E-state index contributed by atoms with van der Waals surface area (Å²) in [6.45, 7) is 0.416. The van der Waals surface area contributed by atoms with Gasteiger partial charge in [0, 0.05) is 16.3 Å². The van der Waals surface area contributed by atoms with Crippen LogP contribution in [0.4, 0.5) is 10.1 Å². The first-order valence-electron chi connectivity index (χ1n) is 8.83. The van der Waals surface area contributed by atoms with Crippen LogP contribution >= 0.6 is 11.3 Å². The van der Waals surface area contributed by atoms with Gasteiger partial charge in [0.15, 0.2) is 6.61 Å². The molecule has 3 aromatic rings. The molecule has 1 aromatic carbocycles. The van der Waals surface area contributed by atoms with E-state index in [4.69, 9.17) is 10.5 Å². The Balaban J connectivity index is 1.51. The predicted molar refractivity (Wildman–Crippen MR) is 108 cm³/mol. The lowest BCUT2D eigenvalue weighted by molar-refractivity contribution is -0.118. The van der Waals surface area contributed by atoms with Crippen molar-refractivity contribution >= 4 is 22.9 Å². The number of aromatic nitrogens is 3. The fraction of sp³-hybridized carbons (Fsp3) is 0.211. The molecular weight excluding hydrogens is 397 g/mol. The van der Waals surface area contributed by atoms with Gasteiger partial charge in [-0.1, -0.05) is 6.07 Å². The van der Waals surface area contributed by atoms with E-state index in [1.807, 2.05) is 30.3 Å². The number of carbonyl (C=O) groups excluding carboxylic acids is 1. The number of nitrogens with two attached hydrogens (primary N) is 1. The van der Waals surface area contributed by atoms with Crippen LogP contribution in [-0.2, 0) is 17.9 Å². The Morgan fingerprint density at radius 3 is 3.00 bits per heavy atom. The highest BCUT2D eigenvalue weighted by molar-refractivity contribution is 7.15. The van der Waals surface area contributed by atoms with E-state index in [0.29, 0.717) is 29.9 Å². The van der Waals surface area contributed by atoms with Gasteiger partial charge in [0.2, 0.25) is 0 Å². The lowest BCUT2D eigenvalue weighted by Gasteiger charge is -2.18. The van der Waals surface area contributed by atoms with Gasteiger partial charge >= 0.3 is 5.69 Å². The number of anilines is 1. The van der Waals surface area contributed by atoms with Crippen molar-refractivity contribution in [1.82, 2.24) is 14.3 Å². The van der Waals surface area contributed by atoms with E-state index in [9.17, 15) is 14.0 Å². The van der Waals surface area contributed by atoms with Crippen molar-refractivity contribution < 1.29 is 13.9 Å². The molecule has 0 bridgehead atoms. The van der Waals surface area contributed by atoms with Crippen LogP contribution in [0.25, 0.3) is 10.4 Å². The van der Waals surface area contributed by atoms with E-state index in [1.165, 1.54) is 15.6 Å². The van der Waals surface area contributed by atoms with E-state index in [2.05, 4.69) is 10.4 Å². The molecule has 1 aliphatic rings. The molecule has 150 valence electrons. The number of hydrogen-bond donors (Lipinski definition) is 2. The van der Waals surface area contributed by atoms with Crippen LogP contribution in [0.3, 0.4) is 0 Å². The molecule has 8 nitrogen and oxygen atoms in total. The molecule has 3 heterocycles. The molecule has 3 N–H and O–H groups in total. The van der Waals surface area contributed by atoms with Crippen LogP contribution in [0, 0.1) is 0 Å². The molecule has 4 rings (SSSR count). The summed E-state index contributed by atoms with van der Waals surface area (Å²) in [6.07, 6.45) is 1.84. The normalized spacial score (nSPS) is 13.7. The van der Waals surface area contributed by atoms with Gasteiger partial charge in [-0.05, 0) is 35.4 Å². The fourth-order valence-electron chi connectivity index (χ4n) is 2.94. The first-order valence-corrected chi connectivity index (χ1v) is 9.65. The summed E-state index contributed by atoms with van der Waals surface area (Å²) in [5.41, 5.74) is 7.01. The van der Waals surface area contributed by atoms with Crippen LogP contribution in [0.1, 0.15) is 4.88 Å². The molecule has 0 spiro atoms. The van der Waals surface area contributed by atoms with Crippen LogP contribution in [-0.4, -0.2) is 33.4 Å². The molecule has 1 aliphatic heterocycles. The monoisotopic (exact) mass is 415 g/mol. The minimum Gasteiger partial charge on any atom is -0.482 e. The highest BCUT2D eigenvalue weighted by atomic mass is 32.1. The number of carbonyl (C=O) groups is 1. The average Bonchev–Trinajstić information content (AvgIpc) is 3.33. The maximum absolute atomic E-state index is 12.7. The Kier molecular flexibility index (Phi) is 5.28. The molecule has 2 aromatic heterocycles. The van der Waals surface area contributed by atoms with Gasteiger partial charge in [0.1, 0.15) is 12.1 Å². The van der Waals surface area contributed by atoms with E-state index >= 15 is 0 Å². The van der Waals surface area contributed by atoms with Crippen LogP contribution in [0.2, 0.25) is 0 Å². The van der Waals surface area contributed by atoms with E-state index < -0.39 is 0 Å². The number of nitrogens with zero attached hydrogens (tertiary/aromatic N) is 3. The van der Waals surface area contributed by atoms with Crippen molar-refractivity contribution in [3.63, 3.8) is 0 Å². The van der Waals surface area contributed by atoms with Gasteiger partial charge in [-0.3, -0.25) is 9.36 Å². The molecule has 10 heteroatoms. The third kappa shape index (κ3) is 3.98. The Labute approximate surface area is 169 Å². The van der Waals surface area contributed by atoms with Crippen LogP contribution in [0.5, 0.6) is 5.75 Å². The summed E-state index contributed by atoms with van der Waals surface area (Å²) < 4.78 is 20.8. The number of rotatable bonds is 6. The Bertz CT molecular complexity index is 1150. The summed E-state index contributed by atoms with van der Waals surface area (Å²) in [5.74, 6) is 0.460. The maximum Gasteiger partial charge on any atom is 0.346 e. The summed E-state index contributed by atoms with van der Waals surface area (Å²) >= 11 is 1.54. The minimum absolute atomic E-state index is 0.00250. The first kappa shape index (κ1) is 19.1. The number of fused-ring (bicyclic) bond motifs is 1. The predicted octanol–water partition coefficient (Wildman–Crippen LogP) is 1.96. The van der Waals surface area contributed by atoms with Gasteiger partial charge < -0.3 is 15.8 Å². The molecule has 0 saturated carbocycles. The number of thiophene rings is 1. The van der Waals surface area contributed by atoms with Gasteiger partial charge in [0.25, 0.3) is 5.91 Å². The highest BCUT2D eigenvalue weighted by Crippen LogP contribution is 2.35. The van der Waals surface area contributed by atoms with E-state index in [0.717, 1.165) is 15.3 Å². The zero-order valence-electron chi connectivity index (χ0n) is 15.3. The fourth-order valence-corrected chi connectivity index (χ4v) is 3.94. The molecular formula is C19H18FN5O3S. The summed E-state index contributed by atoms with van der Waals surface area (Å²) in [6, 6.07) is 9.51. The second kappa shape index (κ2) is 8.02. The third-order valence-corrected chi connectivity index (χ3v) is 5.57. The van der Waals surface area contributed by atoms with Crippen LogP contribution in [0.15, 0.2) is 53.4 Å². The SMILES string of the molecule is NC/C(=C\F)Cn1ncn(Cc2ccc(-c3ccc4c(c3)OCC(=O)N4)s2)c1=O. The zero-order chi connectivity index (χ0) is 20.4. The molecule has 29 heavy (non-hydrogen) atoms. The molecule has 0 saturated heterocycles. The number of benzene rings is 1. The van der Waals surface area contributed by atoms with Gasteiger partial charge in [-0.25, -0.2) is 13.9 Å². The lowest BCUT2D eigenvalue weighted by Crippen LogP contribution is -2.26. The van der Waals surface area contributed by atoms with Gasteiger partial charge in [-0.2, -0.15) is 5.10 Å². The van der Waals surface area contributed by atoms with Crippen molar-refractivity contribution in [2.24, 2.45) is 5.73 Å². The van der Waals surface area contributed by atoms with Gasteiger partial charge in [0.05, 0.1) is 25.1 Å². The molecule has 1 amide bonds. The maximum atomic E-state index is 12.7. The van der Waals surface area contributed by atoms with Crippen molar-refractivity contribution in [2.45, 2.75) is 13.1 Å². The molecule has 0 aliphatic carbocycles. The number of amides is 1. The number of halogens is 1. The van der Waals surface area contributed by atoms with Crippen molar-refractivity contribution in [3.05, 3.63) is 63.9 Å².